The summed E-state index contributed by atoms with van der Waals surface area (Å²) in [5.41, 5.74) is 7.92. The van der Waals surface area contributed by atoms with Gasteiger partial charge in [-0.2, -0.15) is 5.26 Å². The van der Waals surface area contributed by atoms with Crippen LogP contribution in [0, 0.1) is 17.1 Å². The standard InChI is InChI=1S/C27H21FN2O4/c28-21-5-2-1-4-17(21)15-33-19-9-7-16(8-10-19)25-20(14-29)27(30)34-24-13-18(12-22(31)26(24)25)23-6-3-11-32-23/h1-11,18,25H,12-13,15,30H2. The van der Waals surface area contributed by atoms with Crippen molar-refractivity contribution >= 4 is 5.78 Å². The average molecular weight is 456 g/mol. The summed E-state index contributed by atoms with van der Waals surface area (Å²) in [7, 11) is 0. The van der Waals surface area contributed by atoms with Gasteiger partial charge in [0.15, 0.2) is 5.78 Å². The van der Waals surface area contributed by atoms with E-state index >= 15 is 0 Å². The van der Waals surface area contributed by atoms with E-state index in [9.17, 15) is 14.4 Å². The quantitative estimate of drug-likeness (QED) is 0.566. The molecule has 0 spiro atoms. The van der Waals surface area contributed by atoms with Crippen LogP contribution in [0.2, 0.25) is 0 Å². The summed E-state index contributed by atoms with van der Waals surface area (Å²) < 4.78 is 30.8. The van der Waals surface area contributed by atoms with Crippen molar-refractivity contribution in [1.82, 2.24) is 0 Å². The second kappa shape index (κ2) is 8.91. The van der Waals surface area contributed by atoms with Gasteiger partial charge in [0.1, 0.15) is 41.3 Å². The van der Waals surface area contributed by atoms with Gasteiger partial charge in [0.05, 0.1) is 12.2 Å². The number of hydrogen-bond acceptors (Lipinski definition) is 6. The van der Waals surface area contributed by atoms with Crippen molar-refractivity contribution < 1.29 is 23.1 Å². The fourth-order valence-electron chi connectivity index (χ4n) is 4.50. The van der Waals surface area contributed by atoms with Crippen LogP contribution in [-0.4, -0.2) is 5.78 Å². The van der Waals surface area contributed by atoms with Crippen LogP contribution in [0.15, 0.2) is 94.1 Å². The Bertz CT molecular complexity index is 1330. The van der Waals surface area contributed by atoms with E-state index in [1.165, 1.54) is 6.07 Å². The smallest absolute Gasteiger partial charge is 0.205 e. The van der Waals surface area contributed by atoms with E-state index in [2.05, 4.69) is 6.07 Å². The Morgan fingerprint density at radius 3 is 2.59 bits per heavy atom. The lowest BCUT2D eigenvalue weighted by atomic mass is 9.74. The third-order valence-electron chi connectivity index (χ3n) is 6.17. The SMILES string of the molecule is N#CC1=C(N)OC2=C(C(=O)CC(c3ccco3)C2)C1c1ccc(OCc2ccccc2F)cc1. The summed E-state index contributed by atoms with van der Waals surface area (Å²) in [5, 5.41) is 9.79. The number of benzene rings is 2. The van der Waals surface area contributed by atoms with Gasteiger partial charge in [0.2, 0.25) is 5.88 Å². The van der Waals surface area contributed by atoms with E-state index in [-0.39, 0.29) is 42.0 Å². The highest BCUT2D eigenvalue weighted by Crippen LogP contribution is 2.46. The summed E-state index contributed by atoms with van der Waals surface area (Å²) >= 11 is 0. The van der Waals surface area contributed by atoms with Crippen LogP contribution in [0.3, 0.4) is 0 Å². The number of nitrogens with two attached hydrogens (primary N) is 1. The summed E-state index contributed by atoms with van der Waals surface area (Å²) in [4.78, 5) is 13.2. The first-order valence-electron chi connectivity index (χ1n) is 10.9. The molecule has 2 heterocycles. The molecule has 0 saturated carbocycles. The van der Waals surface area contributed by atoms with E-state index < -0.39 is 5.92 Å². The maximum absolute atomic E-state index is 13.8. The minimum absolute atomic E-state index is 0.000903. The number of carbonyl (C=O) groups is 1. The molecule has 6 nitrogen and oxygen atoms in total. The zero-order valence-electron chi connectivity index (χ0n) is 18.2. The summed E-state index contributed by atoms with van der Waals surface area (Å²) in [6, 6.07) is 19.2. The molecule has 0 radical (unpaired) electrons. The van der Waals surface area contributed by atoms with Gasteiger partial charge in [-0.15, -0.1) is 0 Å². The molecule has 2 N–H and O–H groups in total. The molecule has 0 saturated heterocycles. The minimum atomic E-state index is -0.626. The molecule has 7 heteroatoms. The number of allylic oxidation sites excluding steroid dienone is 3. The molecule has 2 aromatic carbocycles. The molecule has 2 atom stereocenters. The molecule has 5 rings (SSSR count). The lowest BCUT2D eigenvalue weighted by molar-refractivity contribution is -0.117. The molecule has 2 aliphatic rings. The van der Waals surface area contributed by atoms with Crippen molar-refractivity contribution in [2.45, 2.75) is 31.3 Å². The topological polar surface area (TPSA) is 98.5 Å². The highest BCUT2D eigenvalue weighted by atomic mass is 19.1. The van der Waals surface area contributed by atoms with Gasteiger partial charge in [-0.05, 0) is 35.9 Å². The lowest BCUT2D eigenvalue weighted by Crippen LogP contribution is -2.29. The molecular weight excluding hydrogens is 435 g/mol. The number of ketones is 1. The zero-order valence-corrected chi connectivity index (χ0v) is 18.2. The van der Waals surface area contributed by atoms with Crippen LogP contribution >= 0.6 is 0 Å². The number of ether oxygens (including phenoxy) is 2. The third kappa shape index (κ3) is 3.95. The molecule has 2 unspecified atom stereocenters. The van der Waals surface area contributed by atoms with Crippen molar-refractivity contribution in [3.05, 3.63) is 112 Å². The minimum Gasteiger partial charge on any atom is -0.489 e. The molecular formula is C27H21FN2O4. The Morgan fingerprint density at radius 1 is 1.09 bits per heavy atom. The summed E-state index contributed by atoms with van der Waals surface area (Å²) in [5.74, 6) is 0.517. The number of nitrogens with zero attached hydrogens (tertiary/aromatic N) is 1. The highest BCUT2D eigenvalue weighted by molar-refractivity contribution is 6.00. The number of halogens is 1. The summed E-state index contributed by atoms with van der Waals surface area (Å²) in [6.45, 7) is 0.0849. The van der Waals surface area contributed by atoms with Crippen molar-refractivity contribution in [3.63, 3.8) is 0 Å². The number of carbonyl (C=O) groups excluding carboxylic acids is 1. The maximum atomic E-state index is 13.8. The summed E-state index contributed by atoms with van der Waals surface area (Å²) in [6.07, 6.45) is 2.29. The fourth-order valence-corrected chi connectivity index (χ4v) is 4.50. The Balaban J connectivity index is 1.42. The van der Waals surface area contributed by atoms with Crippen LogP contribution in [0.25, 0.3) is 0 Å². The average Bonchev–Trinajstić information content (AvgIpc) is 3.38. The van der Waals surface area contributed by atoms with Crippen molar-refractivity contribution in [2.24, 2.45) is 5.73 Å². The monoisotopic (exact) mass is 456 g/mol. The Labute approximate surface area is 195 Å². The van der Waals surface area contributed by atoms with E-state index in [0.29, 0.717) is 34.8 Å². The van der Waals surface area contributed by atoms with E-state index in [0.717, 1.165) is 5.56 Å². The van der Waals surface area contributed by atoms with Gasteiger partial charge in [0, 0.05) is 29.9 Å². The lowest BCUT2D eigenvalue weighted by Gasteiger charge is -2.33. The molecule has 3 aromatic rings. The Morgan fingerprint density at radius 2 is 1.88 bits per heavy atom. The normalized spacial score (nSPS) is 19.9. The maximum Gasteiger partial charge on any atom is 0.205 e. The van der Waals surface area contributed by atoms with Gasteiger partial charge in [0.25, 0.3) is 0 Å². The van der Waals surface area contributed by atoms with Gasteiger partial charge >= 0.3 is 0 Å². The predicted octanol–water partition coefficient (Wildman–Crippen LogP) is 5.21. The zero-order chi connectivity index (χ0) is 23.7. The second-order valence-electron chi connectivity index (χ2n) is 8.25. The van der Waals surface area contributed by atoms with Gasteiger partial charge in [-0.25, -0.2) is 4.39 Å². The molecule has 170 valence electrons. The number of furan rings is 1. The van der Waals surface area contributed by atoms with E-state index in [1.807, 2.05) is 6.07 Å². The van der Waals surface area contributed by atoms with Gasteiger partial charge in [-0.1, -0.05) is 30.3 Å². The molecule has 0 bridgehead atoms. The number of hydrogen-bond donors (Lipinski definition) is 1. The van der Waals surface area contributed by atoms with Gasteiger partial charge < -0.3 is 19.6 Å². The number of rotatable bonds is 5. The molecule has 34 heavy (non-hydrogen) atoms. The van der Waals surface area contributed by atoms with Crippen molar-refractivity contribution in [1.29, 1.82) is 5.26 Å². The Kier molecular flexibility index (Phi) is 5.64. The second-order valence-corrected chi connectivity index (χ2v) is 8.25. The molecule has 1 aromatic heterocycles. The molecule has 0 fully saturated rings. The van der Waals surface area contributed by atoms with Crippen LogP contribution < -0.4 is 10.5 Å². The van der Waals surface area contributed by atoms with E-state index in [1.54, 1.807) is 54.8 Å². The van der Waals surface area contributed by atoms with Crippen molar-refractivity contribution in [2.75, 3.05) is 0 Å². The fraction of sp³-hybridized carbons (Fsp3) is 0.185. The van der Waals surface area contributed by atoms with Crippen LogP contribution in [-0.2, 0) is 16.1 Å². The Hall–Kier alpha value is -4.31. The van der Waals surface area contributed by atoms with Crippen LogP contribution in [0.1, 0.15) is 41.6 Å². The first kappa shape index (κ1) is 21.5. The van der Waals surface area contributed by atoms with Crippen molar-refractivity contribution in [3.8, 4) is 11.8 Å². The molecule has 1 aliphatic carbocycles. The van der Waals surface area contributed by atoms with E-state index in [4.69, 9.17) is 19.6 Å². The van der Waals surface area contributed by atoms with Crippen LogP contribution in [0.4, 0.5) is 4.39 Å². The molecule has 0 amide bonds. The van der Waals surface area contributed by atoms with Gasteiger partial charge in [-0.3, -0.25) is 4.79 Å². The third-order valence-corrected chi connectivity index (χ3v) is 6.17. The number of Topliss-reactive ketones (excluding diaryl/α,β-unsaturated/α-hetero) is 1. The highest BCUT2D eigenvalue weighted by Gasteiger charge is 2.41. The first-order valence-corrected chi connectivity index (χ1v) is 10.9. The largest absolute Gasteiger partial charge is 0.489 e. The number of nitriles is 1. The molecule has 1 aliphatic heterocycles. The van der Waals surface area contributed by atoms with Crippen LogP contribution in [0.5, 0.6) is 5.75 Å². The first-order chi connectivity index (χ1) is 16.5. The predicted molar refractivity (Wildman–Crippen MR) is 121 cm³/mol.